The van der Waals surface area contributed by atoms with E-state index in [1.54, 1.807) is 0 Å². The van der Waals surface area contributed by atoms with E-state index >= 15 is 0 Å². The molecule has 0 bridgehead atoms. The number of amides is 2. The van der Waals surface area contributed by atoms with E-state index in [1.807, 2.05) is 36.5 Å². The number of para-hydroxylation sites is 1. The zero-order chi connectivity index (χ0) is 18.4. The average molecular weight is 373 g/mol. The smallest absolute Gasteiger partial charge is 0.238 e. The van der Waals surface area contributed by atoms with Crippen LogP contribution in [0.25, 0.3) is 0 Å². The lowest BCUT2D eigenvalue weighted by Crippen LogP contribution is -2.48. The first-order valence-corrected chi connectivity index (χ1v) is 9.42. The largest absolute Gasteiger partial charge is 0.325 e. The van der Waals surface area contributed by atoms with Gasteiger partial charge in [0.2, 0.25) is 11.8 Å². The summed E-state index contributed by atoms with van der Waals surface area (Å²) in [6.45, 7) is 6.25. The highest BCUT2D eigenvalue weighted by atomic mass is 32.1. The van der Waals surface area contributed by atoms with E-state index in [0.29, 0.717) is 11.7 Å². The van der Waals surface area contributed by atoms with Crippen LogP contribution in [0.5, 0.6) is 0 Å². The van der Waals surface area contributed by atoms with E-state index in [2.05, 4.69) is 25.4 Å². The number of carbonyl (C=O) groups is 2. The van der Waals surface area contributed by atoms with Crippen molar-refractivity contribution in [3.05, 3.63) is 41.4 Å². The van der Waals surface area contributed by atoms with Crippen LogP contribution >= 0.6 is 11.3 Å². The molecule has 1 aliphatic rings. The summed E-state index contributed by atoms with van der Waals surface area (Å²) in [6.07, 6.45) is 1.82. The summed E-state index contributed by atoms with van der Waals surface area (Å²) in [7, 11) is 0. The fourth-order valence-corrected chi connectivity index (χ4v) is 3.74. The molecule has 1 aromatic carbocycles. The molecule has 0 aliphatic carbocycles. The number of rotatable bonds is 6. The summed E-state index contributed by atoms with van der Waals surface area (Å²) in [5.41, 5.74) is 0.830. The number of carbonyl (C=O) groups excluding carboxylic acids is 2. The molecule has 26 heavy (non-hydrogen) atoms. The van der Waals surface area contributed by atoms with Crippen LogP contribution in [0.2, 0.25) is 0 Å². The second-order valence-corrected chi connectivity index (χ2v) is 7.39. The highest BCUT2D eigenvalue weighted by Gasteiger charge is 2.19. The number of thiazole rings is 1. The van der Waals surface area contributed by atoms with Crippen molar-refractivity contribution in [1.82, 2.24) is 14.8 Å². The molecular formula is C18H23N5O2S. The molecule has 138 valence electrons. The van der Waals surface area contributed by atoms with Crippen molar-refractivity contribution < 1.29 is 9.59 Å². The normalized spacial score (nSPS) is 15.6. The van der Waals surface area contributed by atoms with Crippen molar-refractivity contribution >= 4 is 34.0 Å². The summed E-state index contributed by atoms with van der Waals surface area (Å²) >= 11 is 1.51. The Bertz CT molecular complexity index is 741. The van der Waals surface area contributed by atoms with Gasteiger partial charge >= 0.3 is 0 Å². The lowest BCUT2D eigenvalue weighted by atomic mass is 10.3. The highest BCUT2D eigenvalue weighted by Crippen LogP contribution is 2.20. The summed E-state index contributed by atoms with van der Waals surface area (Å²) in [4.78, 5) is 33.1. The van der Waals surface area contributed by atoms with E-state index in [4.69, 9.17) is 0 Å². The van der Waals surface area contributed by atoms with Gasteiger partial charge in [0.05, 0.1) is 6.54 Å². The molecule has 1 saturated heterocycles. The summed E-state index contributed by atoms with van der Waals surface area (Å²) in [5, 5.41) is 6.27. The molecule has 0 atom stereocenters. The van der Waals surface area contributed by atoms with Crippen molar-refractivity contribution in [1.29, 1.82) is 0 Å². The number of piperazine rings is 1. The second-order valence-electron chi connectivity index (χ2n) is 6.28. The maximum absolute atomic E-state index is 12.1. The Hall–Kier alpha value is -2.29. The Morgan fingerprint density at radius 1 is 1.08 bits per heavy atom. The lowest BCUT2D eigenvalue weighted by molar-refractivity contribution is -0.117. The van der Waals surface area contributed by atoms with Crippen LogP contribution in [0.1, 0.15) is 11.8 Å². The minimum Gasteiger partial charge on any atom is -0.325 e. The Labute approximate surface area is 157 Å². The predicted octanol–water partition coefficient (Wildman–Crippen LogP) is 1.86. The van der Waals surface area contributed by atoms with E-state index in [0.717, 1.165) is 43.3 Å². The highest BCUT2D eigenvalue weighted by molar-refractivity contribution is 7.15. The second kappa shape index (κ2) is 8.88. The van der Waals surface area contributed by atoms with Crippen LogP contribution in [0.15, 0.2) is 36.5 Å². The molecule has 2 heterocycles. The fourth-order valence-electron chi connectivity index (χ4n) is 2.84. The van der Waals surface area contributed by atoms with Crippen LogP contribution < -0.4 is 10.6 Å². The Morgan fingerprint density at radius 3 is 2.46 bits per heavy atom. The van der Waals surface area contributed by atoms with Gasteiger partial charge < -0.3 is 10.6 Å². The van der Waals surface area contributed by atoms with Gasteiger partial charge in [-0.1, -0.05) is 18.2 Å². The van der Waals surface area contributed by atoms with Crippen LogP contribution in [-0.4, -0.2) is 59.3 Å². The van der Waals surface area contributed by atoms with Gasteiger partial charge in [-0.2, -0.15) is 0 Å². The lowest BCUT2D eigenvalue weighted by Gasteiger charge is -2.33. The molecule has 0 radical (unpaired) electrons. The van der Waals surface area contributed by atoms with Crippen LogP contribution in [0.3, 0.4) is 0 Å². The third-order valence-corrected chi connectivity index (χ3v) is 5.00. The molecule has 2 aromatic rings. The molecular weight excluding hydrogens is 350 g/mol. The zero-order valence-electron chi connectivity index (χ0n) is 14.8. The zero-order valence-corrected chi connectivity index (χ0v) is 15.6. The maximum Gasteiger partial charge on any atom is 0.238 e. The topological polar surface area (TPSA) is 77.6 Å². The number of anilines is 2. The first-order valence-electron chi connectivity index (χ1n) is 8.60. The van der Waals surface area contributed by atoms with Crippen LogP contribution in [0, 0.1) is 0 Å². The van der Waals surface area contributed by atoms with Gasteiger partial charge in [0.15, 0.2) is 5.13 Å². The first kappa shape index (κ1) is 18.5. The third kappa shape index (κ3) is 5.62. The number of aromatic nitrogens is 1. The van der Waals surface area contributed by atoms with E-state index in [-0.39, 0.29) is 11.8 Å². The number of hydrogen-bond donors (Lipinski definition) is 2. The van der Waals surface area contributed by atoms with Crippen LogP contribution in [-0.2, 0) is 16.1 Å². The molecule has 0 saturated carbocycles. The molecule has 0 spiro atoms. The van der Waals surface area contributed by atoms with Gasteiger partial charge in [0.25, 0.3) is 0 Å². The molecule has 3 rings (SSSR count). The standard InChI is InChI=1S/C18H23N5O2S/c1-14(24)20-18-19-11-16(26-18)12-22-7-9-23(10-8-22)13-17(25)21-15-5-3-2-4-6-15/h2-6,11H,7-10,12-13H2,1H3,(H,21,25)(H,19,20,24). The Kier molecular flexibility index (Phi) is 6.32. The van der Waals surface area contributed by atoms with Gasteiger partial charge in [-0.25, -0.2) is 4.98 Å². The van der Waals surface area contributed by atoms with Crippen molar-refractivity contribution in [3.8, 4) is 0 Å². The summed E-state index contributed by atoms with van der Waals surface area (Å²) in [6, 6.07) is 9.52. The number of nitrogens with one attached hydrogen (secondary N) is 2. The summed E-state index contributed by atoms with van der Waals surface area (Å²) in [5.74, 6) is -0.0830. The average Bonchev–Trinajstić information content (AvgIpc) is 3.03. The number of nitrogens with zero attached hydrogens (tertiary/aromatic N) is 3. The van der Waals surface area contributed by atoms with Crippen LogP contribution in [0.4, 0.5) is 10.8 Å². The number of benzene rings is 1. The number of hydrogen-bond acceptors (Lipinski definition) is 6. The van der Waals surface area contributed by atoms with Gasteiger partial charge in [0.1, 0.15) is 0 Å². The summed E-state index contributed by atoms with van der Waals surface area (Å²) < 4.78 is 0. The SMILES string of the molecule is CC(=O)Nc1ncc(CN2CCN(CC(=O)Nc3ccccc3)CC2)s1. The molecule has 0 unspecified atom stereocenters. The molecule has 2 N–H and O–H groups in total. The van der Waals surface area contributed by atoms with E-state index < -0.39 is 0 Å². The van der Waals surface area contributed by atoms with Gasteiger partial charge in [0, 0.05) is 56.4 Å². The molecule has 1 aliphatic heterocycles. The molecule has 1 aromatic heterocycles. The molecule has 7 nitrogen and oxygen atoms in total. The minimum absolute atomic E-state index is 0.0204. The molecule has 2 amide bonds. The molecule has 8 heteroatoms. The Balaban J connectivity index is 1.40. The van der Waals surface area contributed by atoms with Gasteiger partial charge in [-0.15, -0.1) is 11.3 Å². The molecule has 1 fully saturated rings. The Morgan fingerprint density at radius 2 is 1.77 bits per heavy atom. The quantitative estimate of drug-likeness (QED) is 0.808. The van der Waals surface area contributed by atoms with Gasteiger partial charge in [-0.05, 0) is 12.1 Å². The monoisotopic (exact) mass is 373 g/mol. The van der Waals surface area contributed by atoms with Crippen molar-refractivity contribution in [2.24, 2.45) is 0 Å². The first-order chi connectivity index (χ1) is 12.6. The predicted molar refractivity (Wildman–Crippen MR) is 103 cm³/mol. The fraction of sp³-hybridized carbons (Fsp3) is 0.389. The maximum atomic E-state index is 12.1. The van der Waals surface area contributed by atoms with E-state index in [1.165, 1.54) is 18.3 Å². The third-order valence-electron chi connectivity index (χ3n) is 4.11. The van der Waals surface area contributed by atoms with Gasteiger partial charge in [-0.3, -0.25) is 19.4 Å². The van der Waals surface area contributed by atoms with Crippen molar-refractivity contribution in [2.45, 2.75) is 13.5 Å². The minimum atomic E-state index is -0.103. The van der Waals surface area contributed by atoms with E-state index in [9.17, 15) is 9.59 Å². The van der Waals surface area contributed by atoms with Crippen molar-refractivity contribution in [2.75, 3.05) is 43.4 Å². The van der Waals surface area contributed by atoms with Crippen molar-refractivity contribution in [3.63, 3.8) is 0 Å².